The summed E-state index contributed by atoms with van der Waals surface area (Å²) in [6, 6.07) is 12.2. The summed E-state index contributed by atoms with van der Waals surface area (Å²) in [5.74, 6) is -0.922. The molecule has 6 nitrogen and oxygen atoms in total. The quantitative estimate of drug-likeness (QED) is 0.450. The van der Waals surface area contributed by atoms with Gasteiger partial charge in [-0.1, -0.05) is 35.9 Å². The van der Waals surface area contributed by atoms with E-state index in [0.29, 0.717) is 23.5 Å². The lowest BCUT2D eigenvalue weighted by molar-refractivity contribution is -0.140. The zero-order valence-corrected chi connectivity index (χ0v) is 18.1. The van der Waals surface area contributed by atoms with Gasteiger partial charge in [0, 0.05) is 24.3 Å². The Kier molecular flexibility index (Phi) is 5.83. The lowest BCUT2D eigenvalue weighted by Gasteiger charge is -2.28. The Bertz CT molecular complexity index is 1050. The molecule has 0 aromatic heterocycles. The molecule has 2 saturated heterocycles. The number of aryl methyl sites for hydroxylation is 2. The van der Waals surface area contributed by atoms with Gasteiger partial charge >= 0.3 is 0 Å². The largest absolute Gasteiger partial charge is 0.507 e. The third-order valence-electron chi connectivity index (χ3n) is 6.05. The fourth-order valence-corrected chi connectivity index (χ4v) is 4.43. The van der Waals surface area contributed by atoms with E-state index in [9.17, 15) is 14.7 Å². The lowest BCUT2D eigenvalue weighted by atomic mass is 9.92. The van der Waals surface area contributed by atoms with Gasteiger partial charge in [0.2, 0.25) is 0 Å². The van der Waals surface area contributed by atoms with E-state index in [0.717, 1.165) is 24.0 Å². The van der Waals surface area contributed by atoms with E-state index in [-0.39, 0.29) is 24.0 Å². The molecule has 6 heteroatoms. The number of aliphatic hydroxyl groups excluding tert-OH is 1. The number of ether oxygens (including phenoxy) is 2. The lowest BCUT2D eigenvalue weighted by Crippen LogP contribution is -2.36. The summed E-state index contributed by atoms with van der Waals surface area (Å²) in [7, 11) is 1.55. The minimum atomic E-state index is -0.750. The number of ketones is 1. The maximum absolute atomic E-state index is 13.2. The normalized spacial score (nSPS) is 22.9. The standard InChI is InChI=1S/C25H27NO5/c1-15-10-11-16(2)19(13-15)23(27)21-22(18-8-4-5-9-20(18)30-3)26(25(29)24(21)28)14-17-7-6-12-31-17/h4-5,8-11,13,17,22,27H,6-7,12,14H2,1-3H3/b23-21+. The Morgan fingerprint density at radius 2 is 1.97 bits per heavy atom. The molecule has 2 aromatic rings. The molecule has 2 aromatic carbocycles. The van der Waals surface area contributed by atoms with Crippen molar-refractivity contribution < 1.29 is 24.2 Å². The van der Waals surface area contributed by atoms with Gasteiger partial charge in [0.25, 0.3) is 11.7 Å². The summed E-state index contributed by atoms with van der Waals surface area (Å²) in [5, 5.41) is 11.3. The highest BCUT2D eigenvalue weighted by Gasteiger charge is 2.48. The molecule has 2 atom stereocenters. The van der Waals surface area contributed by atoms with Crippen molar-refractivity contribution in [1.82, 2.24) is 4.90 Å². The molecule has 2 unspecified atom stereocenters. The Labute approximate surface area is 182 Å². The molecule has 1 amide bonds. The molecule has 0 spiro atoms. The summed E-state index contributed by atoms with van der Waals surface area (Å²) < 4.78 is 11.3. The zero-order valence-electron chi connectivity index (χ0n) is 18.1. The Morgan fingerprint density at radius 3 is 2.68 bits per heavy atom. The van der Waals surface area contributed by atoms with E-state index in [1.54, 1.807) is 13.2 Å². The number of aliphatic hydroxyl groups is 1. The van der Waals surface area contributed by atoms with Crippen molar-refractivity contribution in [2.24, 2.45) is 0 Å². The van der Waals surface area contributed by atoms with Crippen molar-refractivity contribution in [2.45, 2.75) is 38.8 Å². The first kappa shape index (κ1) is 21.1. The van der Waals surface area contributed by atoms with Gasteiger partial charge in [0.05, 0.1) is 24.8 Å². The van der Waals surface area contributed by atoms with Gasteiger partial charge < -0.3 is 19.5 Å². The first-order chi connectivity index (χ1) is 14.9. The van der Waals surface area contributed by atoms with Crippen LogP contribution in [0.25, 0.3) is 5.76 Å². The van der Waals surface area contributed by atoms with E-state index in [2.05, 4.69) is 0 Å². The molecule has 2 aliphatic rings. The number of rotatable bonds is 5. The predicted octanol–water partition coefficient (Wildman–Crippen LogP) is 3.91. The zero-order chi connectivity index (χ0) is 22.1. The van der Waals surface area contributed by atoms with Crippen molar-refractivity contribution in [3.8, 4) is 5.75 Å². The summed E-state index contributed by atoms with van der Waals surface area (Å²) in [6.45, 7) is 4.73. The number of Topliss-reactive ketones (excluding diaryl/α,β-unsaturated/α-hetero) is 1. The van der Waals surface area contributed by atoms with Crippen molar-refractivity contribution in [3.05, 3.63) is 70.3 Å². The molecule has 162 valence electrons. The highest BCUT2D eigenvalue weighted by Crippen LogP contribution is 2.43. The average molecular weight is 421 g/mol. The SMILES string of the molecule is COc1ccccc1C1/C(=C(\O)c2cc(C)ccc2C)C(=O)C(=O)N1CC1CCCO1. The van der Waals surface area contributed by atoms with Crippen LogP contribution >= 0.6 is 0 Å². The average Bonchev–Trinajstić information content (AvgIpc) is 3.37. The van der Waals surface area contributed by atoms with Gasteiger partial charge in [0.15, 0.2) is 0 Å². The van der Waals surface area contributed by atoms with Crippen LogP contribution in [0.4, 0.5) is 0 Å². The Balaban J connectivity index is 1.90. The first-order valence-electron chi connectivity index (χ1n) is 10.5. The number of methoxy groups -OCH3 is 1. The molecule has 2 fully saturated rings. The van der Waals surface area contributed by atoms with Crippen LogP contribution in [-0.4, -0.2) is 48.1 Å². The van der Waals surface area contributed by atoms with Crippen LogP contribution in [0.1, 0.15) is 41.1 Å². The predicted molar refractivity (Wildman–Crippen MR) is 117 cm³/mol. The van der Waals surface area contributed by atoms with Gasteiger partial charge in [-0.05, 0) is 44.4 Å². The molecule has 1 N–H and O–H groups in total. The second kappa shape index (κ2) is 8.55. The molecule has 0 aliphatic carbocycles. The van der Waals surface area contributed by atoms with Crippen LogP contribution < -0.4 is 4.74 Å². The first-order valence-corrected chi connectivity index (χ1v) is 10.5. The van der Waals surface area contributed by atoms with Crippen LogP contribution in [0.15, 0.2) is 48.0 Å². The minimum Gasteiger partial charge on any atom is -0.507 e. The number of likely N-dealkylation sites (tertiary alicyclic amines) is 1. The third-order valence-corrected chi connectivity index (χ3v) is 6.05. The van der Waals surface area contributed by atoms with Gasteiger partial charge in [0.1, 0.15) is 11.5 Å². The maximum Gasteiger partial charge on any atom is 0.295 e. The maximum atomic E-state index is 13.2. The van der Waals surface area contributed by atoms with Crippen LogP contribution in [0.3, 0.4) is 0 Å². The molecule has 0 radical (unpaired) electrons. The highest BCUT2D eigenvalue weighted by molar-refractivity contribution is 6.46. The van der Waals surface area contributed by atoms with Crippen LogP contribution in [0.2, 0.25) is 0 Å². The molecule has 2 aliphatic heterocycles. The monoisotopic (exact) mass is 421 g/mol. The number of carbonyl (C=O) groups excluding carboxylic acids is 2. The van der Waals surface area contributed by atoms with E-state index in [4.69, 9.17) is 9.47 Å². The summed E-state index contributed by atoms with van der Waals surface area (Å²) in [5.41, 5.74) is 3.08. The van der Waals surface area contributed by atoms with Crippen LogP contribution in [0.5, 0.6) is 5.75 Å². The molecule has 2 heterocycles. The molecular weight excluding hydrogens is 394 g/mol. The molecule has 0 saturated carbocycles. The Hall–Kier alpha value is -3.12. The van der Waals surface area contributed by atoms with Crippen molar-refractivity contribution in [3.63, 3.8) is 0 Å². The van der Waals surface area contributed by atoms with Gasteiger partial charge in [-0.15, -0.1) is 0 Å². The summed E-state index contributed by atoms with van der Waals surface area (Å²) >= 11 is 0. The second-order valence-corrected chi connectivity index (χ2v) is 8.15. The van der Waals surface area contributed by atoms with E-state index in [1.807, 2.05) is 50.2 Å². The fourth-order valence-electron chi connectivity index (χ4n) is 4.43. The van der Waals surface area contributed by atoms with Gasteiger partial charge in [-0.2, -0.15) is 0 Å². The molecule has 4 rings (SSSR count). The van der Waals surface area contributed by atoms with E-state index < -0.39 is 17.7 Å². The van der Waals surface area contributed by atoms with E-state index >= 15 is 0 Å². The fraction of sp³-hybridized carbons (Fsp3) is 0.360. The highest BCUT2D eigenvalue weighted by atomic mass is 16.5. The number of nitrogens with zero attached hydrogens (tertiary/aromatic N) is 1. The minimum absolute atomic E-state index is 0.0844. The Morgan fingerprint density at radius 1 is 1.19 bits per heavy atom. The number of hydrogen-bond acceptors (Lipinski definition) is 5. The molecule has 31 heavy (non-hydrogen) atoms. The smallest absolute Gasteiger partial charge is 0.295 e. The van der Waals surface area contributed by atoms with Crippen molar-refractivity contribution >= 4 is 17.4 Å². The van der Waals surface area contributed by atoms with Crippen LogP contribution in [-0.2, 0) is 14.3 Å². The van der Waals surface area contributed by atoms with Crippen LogP contribution in [0, 0.1) is 13.8 Å². The van der Waals surface area contributed by atoms with Crippen molar-refractivity contribution in [1.29, 1.82) is 0 Å². The molecular formula is C25H27NO5. The summed E-state index contributed by atoms with van der Waals surface area (Å²) in [6.07, 6.45) is 1.63. The summed E-state index contributed by atoms with van der Waals surface area (Å²) in [4.78, 5) is 27.8. The van der Waals surface area contributed by atoms with Crippen molar-refractivity contribution in [2.75, 3.05) is 20.3 Å². The number of carbonyl (C=O) groups is 2. The number of benzene rings is 2. The molecule has 0 bridgehead atoms. The number of amides is 1. The van der Waals surface area contributed by atoms with E-state index in [1.165, 1.54) is 4.90 Å². The second-order valence-electron chi connectivity index (χ2n) is 8.15. The topological polar surface area (TPSA) is 76.1 Å². The van der Waals surface area contributed by atoms with Gasteiger partial charge in [-0.3, -0.25) is 9.59 Å². The number of hydrogen-bond donors (Lipinski definition) is 1. The van der Waals surface area contributed by atoms with Gasteiger partial charge in [-0.25, -0.2) is 0 Å². The number of para-hydroxylation sites is 1. The third kappa shape index (κ3) is 3.83.